The quantitative estimate of drug-likeness (QED) is 0.596. The van der Waals surface area contributed by atoms with Crippen LogP contribution in [0, 0.1) is 0 Å². The average molecular weight is 202 g/mol. The molecule has 0 aromatic carbocycles. The Morgan fingerprint density at radius 3 is 2.15 bits per heavy atom. The molecule has 72 valence electrons. The molecular weight excluding hydrogens is 191 g/mol. The summed E-state index contributed by atoms with van der Waals surface area (Å²) in [5.74, 6) is -1.05. The summed E-state index contributed by atoms with van der Waals surface area (Å²) >= 11 is 0.850. The molecule has 0 radical (unpaired) electrons. The van der Waals surface area contributed by atoms with Crippen LogP contribution in [0.25, 0.3) is 0 Å². The Hall–Kier alpha value is -0.845. The molecule has 0 aliphatic carbocycles. The van der Waals surface area contributed by atoms with E-state index in [0.29, 0.717) is 0 Å². The Labute approximate surface area is 80.6 Å². The van der Waals surface area contributed by atoms with E-state index in [0.717, 1.165) is 11.3 Å². The maximum absolute atomic E-state index is 10.3. The third-order valence-corrected chi connectivity index (χ3v) is 2.21. The first-order valence-electron chi connectivity index (χ1n) is 3.80. The van der Waals surface area contributed by atoms with Crippen molar-refractivity contribution >= 4 is 29.2 Å². The van der Waals surface area contributed by atoms with Gasteiger partial charge in [0.1, 0.15) is 4.88 Å². The van der Waals surface area contributed by atoms with Gasteiger partial charge in [0, 0.05) is 4.78 Å². The molecule has 0 atom stereocenters. The van der Waals surface area contributed by atoms with Crippen LogP contribution in [0.15, 0.2) is 12.1 Å². The van der Waals surface area contributed by atoms with Crippen LogP contribution in [-0.2, 0) is 0 Å². The number of aromatic carboxylic acids is 1. The van der Waals surface area contributed by atoms with Gasteiger partial charge in [0.2, 0.25) is 0 Å². The molecule has 1 aromatic rings. The van der Waals surface area contributed by atoms with E-state index in [-0.39, 0.29) is 9.65 Å². The zero-order chi connectivity index (χ0) is 10.4. The summed E-state index contributed by atoms with van der Waals surface area (Å²) in [6.45, 7) is 4.00. The molecule has 0 saturated heterocycles. The maximum Gasteiger partial charge on any atom is 0.499 e. The second-order valence-corrected chi connectivity index (χ2v) is 3.00. The van der Waals surface area contributed by atoms with Crippen LogP contribution in [0.5, 0.6) is 0 Å². The fraction of sp³-hybridized carbons (Fsp3) is 0.286. The lowest BCUT2D eigenvalue weighted by molar-refractivity contribution is 0.0702. The largest absolute Gasteiger partial charge is 0.499 e. The van der Waals surface area contributed by atoms with Gasteiger partial charge in [-0.05, 0) is 6.07 Å². The molecule has 0 spiro atoms. The third kappa shape index (κ3) is 3.58. The number of hydrogen-bond acceptors (Lipinski definition) is 4. The van der Waals surface area contributed by atoms with Crippen molar-refractivity contribution in [3.8, 4) is 0 Å². The van der Waals surface area contributed by atoms with Crippen LogP contribution in [0.4, 0.5) is 0 Å². The van der Waals surface area contributed by atoms with Crippen LogP contribution < -0.4 is 4.78 Å². The van der Waals surface area contributed by atoms with E-state index < -0.39 is 13.1 Å². The molecule has 0 unspecified atom stereocenters. The molecule has 1 aromatic heterocycles. The molecule has 0 amide bonds. The summed E-state index contributed by atoms with van der Waals surface area (Å²) in [5.41, 5.74) is 0. The Balaban J connectivity index is 0.000000671. The van der Waals surface area contributed by atoms with Gasteiger partial charge >= 0.3 is 13.1 Å². The van der Waals surface area contributed by atoms with Gasteiger partial charge in [-0.1, -0.05) is 19.9 Å². The van der Waals surface area contributed by atoms with Crippen LogP contribution in [0.2, 0.25) is 0 Å². The summed E-state index contributed by atoms with van der Waals surface area (Å²) in [6.07, 6.45) is 0. The lowest BCUT2D eigenvalue weighted by atomic mass is 9.90. The second-order valence-electron chi connectivity index (χ2n) is 1.88. The van der Waals surface area contributed by atoms with E-state index >= 15 is 0 Å². The van der Waals surface area contributed by atoms with Crippen molar-refractivity contribution in [1.82, 2.24) is 0 Å². The molecule has 0 fully saturated rings. The number of thiophene rings is 1. The molecule has 6 heteroatoms. The van der Waals surface area contributed by atoms with E-state index in [4.69, 9.17) is 15.2 Å². The fourth-order valence-electron chi connectivity index (χ4n) is 0.607. The van der Waals surface area contributed by atoms with E-state index in [1.54, 1.807) is 0 Å². The normalized spacial score (nSPS) is 8.62. The van der Waals surface area contributed by atoms with Gasteiger partial charge in [-0.15, -0.1) is 11.3 Å². The van der Waals surface area contributed by atoms with Crippen LogP contribution in [0.3, 0.4) is 0 Å². The lowest BCUT2D eigenvalue weighted by Gasteiger charge is -1.88. The van der Waals surface area contributed by atoms with E-state index in [9.17, 15) is 4.79 Å². The minimum absolute atomic E-state index is 0.105. The maximum atomic E-state index is 10.3. The Bertz CT molecular complexity index is 271. The summed E-state index contributed by atoms with van der Waals surface area (Å²) in [6, 6.07) is 2.71. The van der Waals surface area contributed by atoms with Crippen molar-refractivity contribution in [2.24, 2.45) is 0 Å². The molecule has 0 bridgehead atoms. The molecule has 0 saturated carbocycles. The van der Waals surface area contributed by atoms with Gasteiger partial charge in [-0.25, -0.2) is 4.79 Å². The molecule has 3 N–H and O–H groups in total. The Morgan fingerprint density at radius 2 is 1.92 bits per heavy atom. The number of carboxylic acids is 1. The highest BCUT2D eigenvalue weighted by Gasteiger charge is 2.15. The van der Waals surface area contributed by atoms with Crippen molar-refractivity contribution in [2.75, 3.05) is 0 Å². The van der Waals surface area contributed by atoms with Crippen LogP contribution >= 0.6 is 11.3 Å². The fourth-order valence-corrected chi connectivity index (χ4v) is 1.33. The van der Waals surface area contributed by atoms with Gasteiger partial charge in [0.15, 0.2) is 0 Å². The molecular formula is C7H11BO4S. The minimum Gasteiger partial charge on any atom is -0.477 e. The van der Waals surface area contributed by atoms with E-state index in [1.807, 2.05) is 13.8 Å². The molecule has 13 heavy (non-hydrogen) atoms. The van der Waals surface area contributed by atoms with Gasteiger partial charge in [0.25, 0.3) is 0 Å². The Kier molecular flexibility index (Phi) is 5.37. The van der Waals surface area contributed by atoms with Crippen LogP contribution in [0.1, 0.15) is 23.5 Å². The van der Waals surface area contributed by atoms with E-state index in [2.05, 4.69) is 0 Å². The second kappa shape index (κ2) is 5.74. The molecule has 0 aliphatic rings. The van der Waals surface area contributed by atoms with Crippen molar-refractivity contribution in [3.05, 3.63) is 17.0 Å². The Morgan fingerprint density at radius 1 is 1.38 bits per heavy atom. The number of carboxylic acid groups (broad SMARTS) is 1. The molecule has 1 heterocycles. The van der Waals surface area contributed by atoms with Crippen molar-refractivity contribution < 1.29 is 19.9 Å². The molecule has 1 rings (SSSR count). The minimum atomic E-state index is -1.58. The zero-order valence-corrected chi connectivity index (χ0v) is 8.21. The summed E-state index contributed by atoms with van der Waals surface area (Å²) in [4.78, 5) is 10.4. The molecule has 4 nitrogen and oxygen atoms in total. The van der Waals surface area contributed by atoms with Crippen molar-refractivity contribution in [2.45, 2.75) is 13.8 Å². The first-order chi connectivity index (χ1) is 6.11. The predicted octanol–water partition coefficient (Wildman–Crippen LogP) is 0.152. The predicted molar refractivity (Wildman–Crippen MR) is 52.5 cm³/mol. The lowest BCUT2D eigenvalue weighted by Crippen LogP contribution is -2.26. The highest BCUT2D eigenvalue weighted by atomic mass is 32.1. The highest BCUT2D eigenvalue weighted by molar-refractivity contribution is 7.23. The van der Waals surface area contributed by atoms with Crippen LogP contribution in [-0.4, -0.2) is 28.2 Å². The molecule has 0 aliphatic heterocycles. The standard InChI is InChI=1S/C5H5BO4S.C2H6/c7-5(8)3-1-2-4(11-3)6(9)10;1-2/h1-2,9-10H,(H,7,8);1-2H3. The monoisotopic (exact) mass is 202 g/mol. The van der Waals surface area contributed by atoms with Crippen molar-refractivity contribution in [3.63, 3.8) is 0 Å². The number of rotatable bonds is 2. The van der Waals surface area contributed by atoms with Gasteiger partial charge < -0.3 is 15.2 Å². The summed E-state index contributed by atoms with van der Waals surface area (Å²) in [5, 5.41) is 25.6. The number of hydrogen-bond donors (Lipinski definition) is 3. The van der Waals surface area contributed by atoms with E-state index in [1.165, 1.54) is 12.1 Å². The smallest absolute Gasteiger partial charge is 0.477 e. The summed E-state index contributed by atoms with van der Waals surface area (Å²) in [7, 11) is -1.58. The zero-order valence-electron chi connectivity index (χ0n) is 7.39. The first-order valence-corrected chi connectivity index (χ1v) is 4.62. The third-order valence-electron chi connectivity index (χ3n) is 1.09. The van der Waals surface area contributed by atoms with Gasteiger partial charge in [0.05, 0.1) is 0 Å². The highest BCUT2D eigenvalue weighted by Crippen LogP contribution is 2.06. The average Bonchev–Trinajstić information content (AvgIpc) is 2.56. The van der Waals surface area contributed by atoms with Gasteiger partial charge in [-0.2, -0.15) is 0 Å². The SMILES string of the molecule is CC.O=C(O)c1ccc(B(O)O)s1. The van der Waals surface area contributed by atoms with Crippen molar-refractivity contribution in [1.29, 1.82) is 0 Å². The topological polar surface area (TPSA) is 77.8 Å². The van der Waals surface area contributed by atoms with Gasteiger partial charge in [-0.3, -0.25) is 0 Å². The first kappa shape index (κ1) is 12.2. The summed E-state index contributed by atoms with van der Waals surface area (Å²) < 4.78 is 0.238. The number of carbonyl (C=O) groups is 1.